The molecule has 1 aliphatic heterocycles. The topological polar surface area (TPSA) is 68.3 Å². The van der Waals surface area contributed by atoms with E-state index in [0.717, 1.165) is 14.7 Å². The van der Waals surface area contributed by atoms with Gasteiger partial charge in [-0.1, -0.05) is 27.3 Å². The maximum Gasteiger partial charge on any atom is 0.516 e. The molecule has 0 bridgehead atoms. The fraction of sp³-hybridized carbons (Fsp3) is 0.500. The van der Waals surface area contributed by atoms with E-state index >= 15 is 0 Å². The molecule has 0 saturated carbocycles. The van der Waals surface area contributed by atoms with Crippen LogP contribution in [0.5, 0.6) is 0 Å². The summed E-state index contributed by atoms with van der Waals surface area (Å²) in [6.07, 6.45) is 0.371. The first-order valence-corrected chi connectivity index (χ1v) is 10.1. The van der Waals surface area contributed by atoms with Crippen molar-refractivity contribution >= 4 is 54.6 Å². The van der Waals surface area contributed by atoms with Crippen molar-refractivity contribution in [3.63, 3.8) is 0 Å². The fourth-order valence-corrected chi connectivity index (χ4v) is 4.44. The molecular formula is C18H23BrN3O3S+. The van der Waals surface area contributed by atoms with Crippen LogP contribution in [0.25, 0.3) is 10.2 Å². The third-order valence-corrected chi connectivity index (χ3v) is 5.81. The molecule has 26 heavy (non-hydrogen) atoms. The average molecular weight is 441 g/mol. The summed E-state index contributed by atoms with van der Waals surface area (Å²) in [6.45, 7) is 6.59. The molecule has 0 aliphatic carbocycles. The van der Waals surface area contributed by atoms with Crippen LogP contribution in [0.4, 0.5) is 9.93 Å². The van der Waals surface area contributed by atoms with Crippen LogP contribution in [-0.2, 0) is 9.53 Å². The molecule has 2 heterocycles. The highest BCUT2D eigenvalue weighted by Crippen LogP contribution is 2.30. The van der Waals surface area contributed by atoms with Gasteiger partial charge in [-0.25, -0.2) is 9.47 Å². The molecule has 140 valence electrons. The fourth-order valence-electron chi connectivity index (χ4n) is 3.02. The van der Waals surface area contributed by atoms with Gasteiger partial charge in [-0.3, -0.25) is 4.79 Å². The summed E-state index contributed by atoms with van der Waals surface area (Å²) >= 11 is 4.88. The molecule has 1 N–H and O–H groups in total. The maximum atomic E-state index is 12.6. The molecular weight excluding hydrogens is 418 g/mol. The van der Waals surface area contributed by atoms with Crippen LogP contribution in [0.3, 0.4) is 0 Å². The Morgan fingerprint density at radius 3 is 2.81 bits per heavy atom. The Bertz CT molecular complexity index is 861. The quantitative estimate of drug-likeness (QED) is 0.702. The first-order valence-electron chi connectivity index (χ1n) is 8.51. The molecule has 1 saturated heterocycles. The molecule has 8 heteroatoms. The van der Waals surface area contributed by atoms with Crippen LogP contribution in [0, 0.1) is 5.92 Å². The number of hydrogen-bond donors (Lipinski definition) is 1. The Labute approximate surface area is 165 Å². The SMILES string of the molecule is CC(C)(C)OC(=O)[N@@+]1(C)CC[C@@H](C(=O)Nc2nc3ccc(Br)cc3s2)C1. The van der Waals surface area contributed by atoms with Gasteiger partial charge in [0, 0.05) is 10.9 Å². The number of thiazole rings is 1. The number of benzene rings is 1. The number of anilines is 1. The third kappa shape index (κ3) is 4.24. The number of amides is 2. The minimum atomic E-state index is -0.534. The number of carbonyl (C=O) groups excluding carboxylic acids is 2. The molecule has 1 aromatic heterocycles. The van der Waals surface area contributed by atoms with Gasteiger partial charge in [0.25, 0.3) is 0 Å². The van der Waals surface area contributed by atoms with Gasteiger partial charge in [0.1, 0.15) is 12.1 Å². The predicted molar refractivity (Wildman–Crippen MR) is 106 cm³/mol. The van der Waals surface area contributed by atoms with E-state index in [4.69, 9.17) is 4.74 Å². The number of carbonyl (C=O) groups is 2. The second-order valence-corrected chi connectivity index (χ2v) is 9.83. The number of quaternary nitrogens is 1. The van der Waals surface area contributed by atoms with E-state index in [0.29, 0.717) is 24.6 Å². The lowest BCUT2D eigenvalue weighted by molar-refractivity contribution is -0.826. The summed E-state index contributed by atoms with van der Waals surface area (Å²) in [5, 5.41) is 3.49. The van der Waals surface area contributed by atoms with Crippen LogP contribution in [0.1, 0.15) is 27.2 Å². The van der Waals surface area contributed by atoms with Crippen LogP contribution >= 0.6 is 27.3 Å². The van der Waals surface area contributed by atoms with Crippen molar-refractivity contribution in [1.29, 1.82) is 0 Å². The standard InChI is InChI=1S/C18H22BrN3O3S/c1-18(2,3)25-17(24)22(4)8-7-11(10-22)15(23)21-16-20-13-6-5-12(19)9-14(13)26-16/h5-6,9,11H,7-8,10H2,1-4H3/p+1/t11-,22+/m1/s1. The summed E-state index contributed by atoms with van der Waals surface area (Å²) in [5.74, 6) is -0.320. The van der Waals surface area contributed by atoms with E-state index in [1.54, 1.807) is 0 Å². The van der Waals surface area contributed by atoms with E-state index in [1.165, 1.54) is 11.3 Å². The van der Waals surface area contributed by atoms with Gasteiger partial charge < -0.3 is 10.1 Å². The number of nitrogens with one attached hydrogen (secondary N) is 1. The van der Waals surface area contributed by atoms with Gasteiger partial charge in [0.15, 0.2) is 5.13 Å². The number of fused-ring (bicyclic) bond motifs is 1. The Morgan fingerprint density at radius 1 is 1.38 bits per heavy atom. The van der Waals surface area contributed by atoms with E-state index < -0.39 is 5.60 Å². The number of ether oxygens (including phenoxy) is 1. The molecule has 1 aromatic carbocycles. The molecule has 2 atom stereocenters. The number of likely N-dealkylation sites (tertiary alicyclic amines) is 1. The van der Waals surface area contributed by atoms with Crippen molar-refractivity contribution in [2.75, 3.05) is 25.5 Å². The zero-order valence-corrected chi connectivity index (χ0v) is 17.7. The smallest absolute Gasteiger partial charge is 0.414 e. The minimum Gasteiger partial charge on any atom is -0.414 e. The van der Waals surface area contributed by atoms with Crippen molar-refractivity contribution < 1.29 is 18.8 Å². The van der Waals surface area contributed by atoms with Crippen molar-refractivity contribution in [2.24, 2.45) is 5.92 Å². The normalized spacial score (nSPS) is 23.2. The monoisotopic (exact) mass is 440 g/mol. The second kappa shape index (κ2) is 6.90. The first-order chi connectivity index (χ1) is 12.1. The van der Waals surface area contributed by atoms with Crippen LogP contribution in [-0.4, -0.2) is 47.2 Å². The molecule has 2 amide bonds. The summed E-state index contributed by atoms with van der Waals surface area (Å²) in [7, 11) is 1.83. The third-order valence-electron chi connectivity index (χ3n) is 4.38. The number of halogens is 1. The number of hydrogen-bond acceptors (Lipinski definition) is 5. The number of rotatable bonds is 2. The van der Waals surface area contributed by atoms with Gasteiger partial charge in [-0.2, -0.15) is 4.79 Å². The molecule has 6 nitrogen and oxygen atoms in total. The van der Waals surface area contributed by atoms with Crippen molar-refractivity contribution in [2.45, 2.75) is 32.8 Å². The van der Waals surface area contributed by atoms with Crippen LogP contribution in [0.2, 0.25) is 0 Å². The van der Waals surface area contributed by atoms with Crippen molar-refractivity contribution in [1.82, 2.24) is 4.98 Å². The molecule has 0 spiro atoms. The summed E-state index contributed by atoms with van der Waals surface area (Å²) in [6, 6.07) is 5.82. The van der Waals surface area contributed by atoms with E-state index in [9.17, 15) is 9.59 Å². The summed E-state index contributed by atoms with van der Waals surface area (Å²) in [5.41, 5.74) is 0.322. The average Bonchev–Trinajstić information content (AvgIpc) is 3.09. The van der Waals surface area contributed by atoms with Gasteiger partial charge in [0.05, 0.1) is 29.7 Å². The number of nitrogens with zero attached hydrogens (tertiary/aromatic N) is 2. The molecule has 1 fully saturated rings. The van der Waals surface area contributed by atoms with Crippen molar-refractivity contribution in [3.8, 4) is 0 Å². The lowest BCUT2D eigenvalue weighted by Gasteiger charge is -2.29. The highest BCUT2D eigenvalue weighted by atomic mass is 79.9. The first kappa shape index (κ1) is 19.3. The lowest BCUT2D eigenvalue weighted by atomic mass is 10.1. The van der Waals surface area contributed by atoms with E-state index in [-0.39, 0.29) is 22.4 Å². The van der Waals surface area contributed by atoms with Crippen molar-refractivity contribution in [3.05, 3.63) is 22.7 Å². The summed E-state index contributed by atoms with van der Waals surface area (Å²) in [4.78, 5) is 29.6. The Kier molecular flexibility index (Phi) is 5.11. The zero-order valence-electron chi connectivity index (χ0n) is 15.3. The summed E-state index contributed by atoms with van der Waals surface area (Å²) < 4.78 is 7.63. The molecule has 1 aliphatic rings. The largest absolute Gasteiger partial charge is 0.516 e. The van der Waals surface area contributed by atoms with Crippen LogP contribution < -0.4 is 5.32 Å². The zero-order chi connectivity index (χ0) is 19.1. The Morgan fingerprint density at radius 2 is 2.12 bits per heavy atom. The molecule has 2 aromatic rings. The molecule has 3 rings (SSSR count). The van der Waals surface area contributed by atoms with Crippen LogP contribution in [0.15, 0.2) is 22.7 Å². The highest BCUT2D eigenvalue weighted by molar-refractivity contribution is 9.10. The van der Waals surface area contributed by atoms with Gasteiger partial charge >= 0.3 is 6.09 Å². The lowest BCUT2D eigenvalue weighted by Crippen LogP contribution is -2.50. The number of aromatic nitrogens is 1. The second-order valence-electron chi connectivity index (χ2n) is 7.89. The van der Waals surface area contributed by atoms with Gasteiger partial charge in [-0.05, 0) is 39.0 Å². The highest BCUT2D eigenvalue weighted by Gasteiger charge is 2.46. The maximum absolute atomic E-state index is 12.6. The minimum absolute atomic E-state index is 0.0893. The van der Waals surface area contributed by atoms with Gasteiger partial charge in [0.2, 0.25) is 5.91 Å². The van der Waals surface area contributed by atoms with Gasteiger partial charge in [-0.15, -0.1) is 0 Å². The van der Waals surface area contributed by atoms with E-state index in [2.05, 4.69) is 26.2 Å². The Hall–Kier alpha value is -1.51. The van der Waals surface area contributed by atoms with E-state index in [1.807, 2.05) is 46.0 Å². The Balaban J connectivity index is 1.66. The molecule has 0 radical (unpaired) electrons. The predicted octanol–water partition coefficient (Wildman–Crippen LogP) is 4.40. The molecule has 0 unspecified atom stereocenters.